The lowest BCUT2D eigenvalue weighted by atomic mass is 10.0. The molecule has 0 saturated carbocycles. The molecule has 0 amide bonds. The Labute approximate surface area is 282 Å². The number of ether oxygens (including phenoxy) is 2. The first-order chi connectivity index (χ1) is 22.3. The molecule has 0 fully saturated rings. The molecule has 0 radical (unpaired) electrons. The van der Waals surface area contributed by atoms with Crippen LogP contribution >= 0.6 is 7.82 Å². The maximum absolute atomic E-state index is 12.3. The van der Waals surface area contributed by atoms with Gasteiger partial charge in [0.05, 0.1) is 6.61 Å². The summed E-state index contributed by atoms with van der Waals surface area (Å²) in [5.74, 6) is -0.896. The monoisotopic (exact) mass is 674 g/mol. The van der Waals surface area contributed by atoms with Crippen LogP contribution in [0.15, 0.2) is 12.2 Å². The Kier molecular flexibility index (Phi) is 32.8. The summed E-state index contributed by atoms with van der Waals surface area (Å²) in [7, 11) is -4.75. The minimum absolute atomic E-state index is 0.214. The van der Waals surface area contributed by atoms with E-state index in [4.69, 9.17) is 19.3 Å². The van der Waals surface area contributed by atoms with E-state index in [0.29, 0.717) is 12.8 Å². The Morgan fingerprint density at radius 2 is 0.913 bits per heavy atom. The second-order valence-electron chi connectivity index (χ2n) is 12.9. The molecule has 0 aliphatic heterocycles. The van der Waals surface area contributed by atoms with Gasteiger partial charge in [0.25, 0.3) is 0 Å². The van der Waals surface area contributed by atoms with Gasteiger partial charge >= 0.3 is 19.8 Å². The van der Waals surface area contributed by atoms with Crippen LogP contribution < -0.4 is 0 Å². The van der Waals surface area contributed by atoms with Gasteiger partial charge in [-0.2, -0.15) is 0 Å². The number of carbonyl (C=O) groups is 2. The largest absolute Gasteiger partial charge is 0.469 e. The number of allylic oxidation sites excluding steroid dienone is 2. The van der Waals surface area contributed by atoms with Gasteiger partial charge in [-0.1, -0.05) is 154 Å². The average Bonchev–Trinajstić information content (AvgIpc) is 3.02. The fraction of sp³-hybridized carbons (Fsp3) is 0.892. The van der Waals surface area contributed by atoms with E-state index in [1.54, 1.807) is 0 Å². The highest BCUT2D eigenvalue weighted by atomic mass is 31.2. The van der Waals surface area contributed by atoms with Crippen molar-refractivity contribution in [2.24, 2.45) is 0 Å². The zero-order valence-electron chi connectivity index (χ0n) is 29.7. The molecular formula is C37H71O8P. The third kappa shape index (κ3) is 35.6. The van der Waals surface area contributed by atoms with Gasteiger partial charge in [-0.25, -0.2) is 4.57 Å². The number of esters is 2. The van der Waals surface area contributed by atoms with E-state index in [1.807, 2.05) is 0 Å². The molecule has 0 spiro atoms. The normalized spacial score (nSPS) is 12.5. The average molecular weight is 675 g/mol. The summed E-state index contributed by atoms with van der Waals surface area (Å²) < 4.78 is 26.3. The highest BCUT2D eigenvalue weighted by Crippen LogP contribution is 2.36. The zero-order chi connectivity index (χ0) is 34.0. The zero-order valence-corrected chi connectivity index (χ0v) is 30.6. The molecule has 1 atom stereocenters. The molecule has 9 heteroatoms. The van der Waals surface area contributed by atoms with E-state index >= 15 is 0 Å². The fourth-order valence-electron chi connectivity index (χ4n) is 5.43. The highest BCUT2D eigenvalue weighted by Gasteiger charge is 2.22. The summed E-state index contributed by atoms with van der Waals surface area (Å²) in [5.41, 5.74) is 0. The molecule has 0 saturated heterocycles. The Bertz CT molecular complexity index is 766. The number of phosphoric ester groups is 1. The summed E-state index contributed by atoms with van der Waals surface area (Å²) in [6, 6.07) is 0. The fourth-order valence-corrected chi connectivity index (χ4v) is 5.79. The van der Waals surface area contributed by atoms with Crippen molar-refractivity contribution >= 4 is 19.8 Å². The third-order valence-corrected chi connectivity index (χ3v) is 8.77. The maximum atomic E-state index is 12.3. The van der Waals surface area contributed by atoms with Crippen LogP contribution in [0.1, 0.15) is 194 Å². The van der Waals surface area contributed by atoms with Gasteiger partial charge in [-0.05, 0) is 38.5 Å². The van der Waals surface area contributed by atoms with Crippen molar-refractivity contribution in [1.82, 2.24) is 0 Å². The summed E-state index contributed by atoms with van der Waals surface area (Å²) in [5, 5.41) is 0. The lowest BCUT2D eigenvalue weighted by molar-refractivity contribution is -0.161. The second kappa shape index (κ2) is 33.7. The van der Waals surface area contributed by atoms with Gasteiger partial charge in [-0.3, -0.25) is 14.1 Å². The van der Waals surface area contributed by atoms with E-state index in [-0.39, 0.29) is 19.4 Å². The summed E-state index contributed by atoms with van der Waals surface area (Å²) in [6.45, 7) is 3.67. The van der Waals surface area contributed by atoms with E-state index in [2.05, 4.69) is 30.5 Å². The van der Waals surface area contributed by atoms with Crippen LogP contribution in [0.25, 0.3) is 0 Å². The quantitative estimate of drug-likeness (QED) is 0.0295. The van der Waals surface area contributed by atoms with Gasteiger partial charge < -0.3 is 19.3 Å². The molecule has 0 unspecified atom stereocenters. The van der Waals surface area contributed by atoms with Gasteiger partial charge in [0, 0.05) is 12.8 Å². The minimum Gasteiger partial charge on any atom is -0.462 e. The van der Waals surface area contributed by atoms with Crippen LogP contribution in [-0.2, 0) is 28.2 Å². The molecule has 0 aliphatic carbocycles. The molecule has 0 bridgehead atoms. The first-order valence-electron chi connectivity index (χ1n) is 19.0. The lowest BCUT2D eigenvalue weighted by Crippen LogP contribution is -2.29. The minimum atomic E-state index is -4.75. The van der Waals surface area contributed by atoms with Gasteiger partial charge in [0.2, 0.25) is 0 Å². The second-order valence-corrected chi connectivity index (χ2v) is 14.1. The first kappa shape index (κ1) is 44.8. The number of hydrogen-bond donors (Lipinski definition) is 2. The highest BCUT2D eigenvalue weighted by molar-refractivity contribution is 7.46. The predicted molar refractivity (Wildman–Crippen MR) is 189 cm³/mol. The molecule has 0 aromatic carbocycles. The van der Waals surface area contributed by atoms with Crippen molar-refractivity contribution in [2.45, 2.75) is 200 Å². The Balaban J connectivity index is 3.96. The van der Waals surface area contributed by atoms with Crippen molar-refractivity contribution in [1.29, 1.82) is 0 Å². The van der Waals surface area contributed by atoms with Crippen LogP contribution in [0.5, 0.6) is 0 Å². The molecular weight excluding hydrogens is 603 g/mol. The number of unbranched alkanes of at least 4 members (excludes halogenated alkanes) is 23. The molecule has 8 nitrogen and oxygen atoms in total. The van der Waals surface area contributed by atoms with E-state index in [9.17, 15) is 14.2 Å². The number of rotatable bonds is 35. The Morgan fingerprint density at radius 1 is 0.543 bits per heavy atom. The third-order valence-electron chi connectivity index (χ3n) is 8.28. The van der Waals surface area contributed by atoms with Crippen molar-refractivity contribution in [3.63, 3.8) is 0 Å². The van der Waals surface area contributed by atoms with E-state index in [1.165, 1.54) is 109 Å². The Hall–Kier alpha value is -1.21. The van der Waals surface area contributed by atoms with Crippen molar-refractivity contribution in [3.05, 3.63) is 12.2 Å². The predicted octanol–water partition coefficient (Wildman–Crippen LogP) is 11.1. The van der Waals surface area contributed by atoms with Crippen LogP contribution in [-0.4, -0.2) is 41.0 Å². The lowest BCUT2D eigenvalue weighted by Gasteiger charge is -2.18. The Morgan fingerprint density at radius 3 is 1.35 bits per heavy atom. The van der Waals surface area contributed by atoms with Crippen LogP contribution in [0, 0.1) is 0 Å². The number of hydrogen-bond acceptors (Lipinski definition) is 6. The van der Waals surface area contributed by atoms with Crippen molar-refractivity contribution in [2.75, 3.05) is 13.2 Å². The van der Waals surface area contributed by atoms with Gasteiger partial charge in [0.15, 0.2) is 6.10 Å². The molecule has 46 heavy (non-hydrogen) atoms. The molecule has 0 aromatic rings. The van der Waals surface area contributed by atoms with E-state index < -0.39 is 32.5 Å². The summed E-state index contributed by atoms with van der Waals surface area (Å²) in [4.78, 5) is 42.6. The maximum Gasteiger partial charge on any atom is 0.469 e. The number of carbonyl (C=O) groups excluding carboxylic acids is 2. The number of phosphoric acid groups is 1. The van der Waals surface area contributed by atoms with Crippen LogP contribution in [0.2, 0.25) is 0 Å². The standard InChI is InChI=1S/C37H71O8P/c1-3-5-7-9-11-13-15-17-18-20-22-24-26-28-30-32-37(39)45-35(34-44-46(40,41)42)33-43-36(38)31-29-27-25-23-21-19-16-14-12-10-8-6-4-2/h19,21,35H,3-18,20,22-34H2,1-2H3,(H2,40,41,42)/b21-19+/t35-/m1/s1. The van der Waals surface area contributed by atoms with Gasteiger partial charge in [-0.15, -0.1) is 0 Å². The smallest absolute Gasteiger partial charge is 0.462 e. The van der Waals surface area contributed by atoms with Crippen molar-refractivity contribution < 1.29 is 37.9 Å². The molecule has 0 rings (SSSR count). The van der Waals surface area contributed by atoms with Crippen LogP contribution in [0.4, 0.5) is 0 Å². The van der Waals surface area contributed by atoms with E-state index in [0.717, 1.165) is 44.9 Å². The molecule has 272 valence electrons. The van der Waals surface area contributed by atoms with Crippen LogP contribution in [0.3, 0.4) is 0 Å². The molecule has 2 N–H and O–H groups in total. The molecule has 0 aromatic heterocycles. The SMILES string of the molecule is CCCCCCCC/C=C/CCCCCC(=O)OC[C@H](COP(=O)(O)O)OC(=O)CCCCCCCCCCCCCCCCC. The summed E-state index contributed by atoms with van der Waals surface area (Å²) in [6.07, 6.45) is 35.0. The first-order valence-corrected chi connectivity index (χ1v) is 20.5. The van der Waals surface area contributed by atoms with Crippen molar-refractivity contribution in [3.8, 4) is 0 Å². The van der Waals surface area contributed by atoms with Gasteiger partial charge in [0.1, 0.15) is 6.61 Å². The topological polar surface area (TPSA) is 119 Å². The summed E-state index contributed by atoms with van der Waals surface area (Å²) >= 11 is 0. The molecule has 0 aliphatic rings. The molecule has 0 heterocycles.